The fraction of sp³-hybridized carbons (Fsp3) is 0.765. The first-order valence-corrected chi connectivity index (χ1v) is 8.04. The van der Waals surface area contributed by atoms with Gasteiger partial charge in [0.1, 0.15) is 11.4 Å². The number of hydrogen-bond acceptors (Lipinski definition) is 3. The van der Waals surface area contributed by atoms with E-state index in [0.29, 0.717) is 12.0 Å². The van der Waals surface area contributed by atoms with Gasteiger partial charge in [-0.05, 0) is 43.9 Å². The van der Waals surface area contributed by atoms with Crippen molar-refractivity contribution in [2.75, 3.05) is 6.61 Å². The Hall–Kier alpha value is -1.16. The minimum absolute atomic E-state index is 0.0763. The van der Waals surface area contributed by atoms with Gasteiger partial charge in [0, 0.05) is 12.7 Å². The fourth-order valence-electron chi connectivity index (χ4n) is 3.04. The Morgan fingerprint density at radius 2 is 1.90 bits per heavy atom. The van der Waals surface area contributed by atoms with Crippen LogP contribution in [0.15, 0.2) is 10.9 Å². The summed E-state index contributed by atoms with van der Waals surface area (Å²) in [6.45, 7) is 11.3. The molecule has 2 rings (SSSR count). The van der Waals surface area contributed by atoms with E-state index < -0.39 is 5.60 Å². The van der Waals surface area contributed by atoms with E-state index in [1.165, 1.54) is 0 Å². The zero-order valence-electron chi connectivity index (χ0n) is 14.0. The first-order valence-electron chi connectivity index (χ1n) is 8.04. The Balaban J connectivity index is 2.41. The second-order valence-corrected chi connectivity index (χ2v) is 7.27. The molecule has 118 valence electrons. The molecule has 21 heavy (non-hydrogen) atoms. The average molecular weight is 292 g/mol. The third-order valence-electron chi connectivity index (χ3n) is 4.62. The number of aromatic nitrogens is 2. The van der Waals surface area contributed by atoms with Gasteiger partial charge in [0.05, 0.1) is 5.69 Å². The van der Waals surface area contributed by atoms with Crippen LogP contribution in [0.5, 0.6) is 0 Å². The number of ether oxygens (including phenoxy) is 1. The lowest BCUT2D eigenvalue weighted by Gasteiger charge is -2.42. The zero-order valence-corrected chi connectivity index (χ0v) is 14.0. The molecule has 0 bridgehead atoms. The van der Waals surface area contributed by atoms with E-state index in [4.69, 9.17) is 9.72 Å². The van der Waals surface area contributed by atoms with Gasteiger partial charge in [-0.2, -0.15) is 0 Å². The summed E-state index contributed by atoms with van der Waals surface area (Å²) >= 11 is 0. The largest absolute Gasteiger partial charge is 0.367 e. The van der Waals surface area contributed by atoms with Crippen LogP contribution in [0.25, 0.3) is 0 Å². The van der Waals surface area contributed by atoms with Crippen molar-refractivity contribution in [3.05, 3.63) is 27.9 Å². The molecule has 1 aliphatic carbocycles. The molecule has 0 amide bonds. The standard InChI is InChI=1S/C17H28N2O2/c1-6-21-17(9-7-16(4,5)8-10-17)15-18-13(12(2)3)11-14(20)19-15/h11-12H,6-10H2,1-5H3,(H,18,19,20). The molecule has 1 fully saturated rings. The molecule has 0 unspecified atom stereocenters. The topological polar surface area (TPSA) is 55.0 Å². The Bertz CT molecular complexity index is 536. The van der Waals surface area contributed by atoms with Gasteiger partial charge in [-0.3, -0.25) is 4.79 Å². The molecule has 1 N–H and O–H groups in total. The lowest BCUT2D eigenvalue weighted by molar-refractivity contribution is -0.0950. The Labute approximate surface area is 127 Å². The Kier molecular flexibility index (Phi) is 4.57. The van der Waals surface area contributed by atoms with E-state index in [9.17, 15) is 4.79 Å². The maximum atomic E-state index is 12.0. The molecule has 1 aliphatic rings. The van der Waals surface area contributed by atoms with E-state index in [2.05, 4.69) is 32.7 Å². The number of hydrogen-bond donors (Lipinski definition) is 1. The van der Waals surface area contributed by atoms with Crippen LogP contribution in [0, 0.1) is 5.41 Å². The quantitative estimate of drug-likeness (QED) is 0.920. The van der Waals surface area contributed by atoms with Crippen LogP contribution in [-0.2, 0) is 10.3 Å². The van der Waals surface area contributed by atoms with Crippen LogP contribution >= 0.6 is 0 Å². The molecule has 0 spiro atoms. The van der Waals surface area contributed by atoms with Gasteiger partial charge in [-0.25, -0.2) is 4.98 Å². The van der Waals surface area contributed by atoms with Crippen molar-refractivity contribution < 1.29 is 4.74 Å². The first-order chi connectivity index (χ1) is 9.78. The summed E-state index contributed by atoms with van der Waals surface area (Å²) in [5.41, 5.74) is 0.690. The molecular weight excluding hydrogens is 264 g/mol. The molecule has 0 atom stereocenters. The summed E-state index contributed by atoms with van der Waals surface area (Å²) in [6.07, 6.45) is 4.00. The third-order valence-corrected chi connectivity index (χ3v) is 4.62. The van der Waals surface area contributed by atoms with Crippen molar-refractivity contribution in [2.24, 2.45) is 5.41 Å². The van der Waals surface area contributed by atoms with E-state index in [1.54, 1.807) is 6.07 Å². The lowest BCUT2D eigenvalue weighted by atomic mass is 9.70. The van der Waals surface area contributed by atoms with Crippen molar-refractivity contribution in [1.29, 1.82) is 0 Å². The van der Waals surface area contributed by atoms with Gasteiger partial charge in [0.2, 0.25) is 0 Å². The Morgan fingerprint density at radius 3 is 2.43 bits per heavy atom. The molecule has 0 radical (unpaired) electrons. The SMILES string of the molecule is CCOC1(c2nc(C(C)C)cc(=O)[nH]2)CCC(C)(C)CC1. The van der Waals surface area contributed by atoms with Crippen LogP contribution in [0.4, 0.5) is 0 Å². The van der Waals surface area contributed by atoms with E-state index in [0.717, 1.165) is 37.2 Å². The maximum absolute atomic E-state index is 12.0. The summed E-state index contributed by atoms with van der Waals surface area (Å²) in [5, 5.41) is 0. The number of H-pyrrole nitrogens is 1. The van der Waals surface area contributed by atoms with Gasteiger partial charge in [-0.1, -0.05) is 27.7 Å². The van der Waals surface area contributed by atoms with Crippen molar-refractivity contribution in [1.82, 2.24) is 9.97 Å². The van der Waals surface area contributed by atoms with Gasteiger partial charge in [-0.15, -0.1) is 0 Å². The Morgan fingerprint density at radius 1 is 1.29 bits per heavy atom. The predicted octanol–water partition coefficient (Wildman–Crippen LogP) is 3.73. The minimum atomic E-state index is -0.422. The highest BCUT2D eigenvalue weighted by Crippen LogP contribution is 2.46. The molecule has 0 aromatic carbocycles. The van der Waals surface area contributed by atoms with Crippen LogP contribution < -0.4 is 5.56 Å². The zero-order chi connectivity index (χ0) is 15.7. The second-order valence-electron chi connectivity index (χ2n) is 7.27. The summed E-state index contributed by atoms with van der Waals surface area (Å²) in [6, 6.07) is 1.60. The molecule has 1 heterocycles. The number of nitrogens with one attached hydrogen (secondary N) is 1. The predicted molar refractivity (Wildman–Crippen MR) is 84.5 cm³/mol. The normalized spacial score (nSPS) is 20.7. The third kappa shape index (κ3) is 3.54. The van der Waals surface area contributed by atoms with Crippen LogP contribution in [0.1, 0.15) is 77.7 Å². The lowest BCUT2D eigenvalue weighted by Crippen LogP contribution is -2.40. The summed E-state index contributed by atoms with van der Waals surface area (Å²) < 4.78 is 6.11. The fourth-order valence-corrected chi connectivity index (χ4v) is 3.04. The number of rotatable bonds is 4. The van der Waals surface area contributed by atoms with Crippen molar-refractivity contribution in [3.8, 4) is 0 Å². The molecule has 0 aliphatic heterocycles. The molecule has 0 saturated heterocycles. The molecule has 1 aromatic heterocycles. The van der Waals surface area contributed by atoms with Crippen molar-refractivity contribution >= 4 is 0 Å². The summed E-state index contributed by atoms with van der Waals surface area (Å²) in [5.74, 6) is 0.959. The van der Waals surface area contributed by atoms with E-state index in [-0.39, 0.29) is 11.5 Å². The number of nitrogens with zero attached hydrogens (tertiary/aromatic N) is 1. The van der Waals surface area contributed by atoms with Crippen LogP contribution in [0.2, 0.25) is 0 Å². The highest BCUT2D eigenvalue weighted by Gasteiger charge is 2.42. The van der Waals surface area contributed by atoms with Gasteiger partial charge in [0.25, 0.3) is 5.56 Å². The summed E-state index contributed by atoms with van der Waals surface area (Å²) in [4.78, 5) is 19.6. The maximum Gasteiger partial charge on any atom is 0.251 e. The van der Waals surface area contributed by atoms with Crippen LogP contribution in [0.3, 0.4) is 0 Å². The minimum Gasteiger partial charge on any atom is -0.367 e. The first kappa shape index (κ1) is 16.2. The second kappa shape index (κ2) is 5.91. The smallest absolute Gasteiger partial charge is 0.251 e. The molecule has 1 saturated carbocycles. The molecular formula is C17H28N2O2. The van der Waals surface area contributed by atoms with E-state index >= 15 is 0 Å². The van der Waals surface area contributed by atoms with Gasteiger partial charge < -0.3 is 9.72 Å². The van der Waals surface area contributed by atoms with Gasteiger partial charge in [0.15, 0.2) is 0 Å². The highest BCUT2D eigenvalue weighted by atomic mass is 16.5. The van der Waals surface area contributed by atoms with Crippen LogP contribution in [-0.4, -0.2) is 16.6 Å². The van der Waals surface area contributed by atoms with Crippen molar-refractivity contribution in [2.45, 2.75) is 71.8 Å². The average Bonchev–Trinajstić information content (AvgIpc) is 2.41. The monoisotopic (exact) mass is 292 g/mol. The molecule has 1 aromatic rings. The van der Waals surface area contributed by atoms with E-state index in [1.807, 2.05) is 6.92 Å². The van der Waals surface area contributed by atoms with Gasteiger partial charge >= 0.3 is 0 Å². The number of aromatic amines is 1. The molecule has 4 nitrogen and oxygen atoms in total. The summed E-state index contributed by atoms with van der Waals surface area (Å²) in [7, 11) is 0. The van der Waals surface area contributed by atoms with Crippen molar-refractivity contribution in [3.63, 3.8) is 0 Å². The highest BCUT2D eigenvalue weighted by molar-refractivity contribution is 5.13. The molecule has 4 heteroatoms.